The lowest BCUT2D eigenvalue weighted by Crippen LogP contribution is -2.48. The molecule has 1 saturated carbocycles. The standard InChI is InChI=1S/C26H36ClN3O3S/c1-33-19-8-9-24-22(17-19)21(23(27)18-28-24)7-4-10-26(25(31)29-32)11-13-30(14-12-26)15-16-34-20-5-2-3-6-20/h8-9,17-18,20,32H,2-7,10-16H2,1H3,(H,29,31). The molecule has 0 radical (unpaired) electrons. The van der Waals surface area contributed by atoms with E-state index in [1.54, 1.807) is 13.3 Å². The molecule has 0 bridgehead atoms. The first kappa shape index (κ1) is 25.5. The number of nitrogens with zero attached hydrogens (tertiary/aromatic N) is 2. The van der Waals surface area contributed by atoms with Gasteiger partial charge in [0.15, 0.2) is 0 Å². The summed E-state index contributed by atoms with van der Waals surface area (Å²) in [6.45, 7) is 2.88. The Morgan fingerprint density at radius 3 is 2.79 bits per heavy atom. The Bertz CT molecular complexity index is 975. The molecular formula is C26H36ClN3O3S. The van der Waals surface area contributed by atoms with E-state index in [2.05, 4.69) is 21.6 Å². The van der Waals surface area contributed by atoms with Crippen LogP contribution in [0.4, 0.5) is 0 Å². The SMILES string of the molecule is COc1ccc2ncc(Cl)c(CCCC3(C(=O)NO)CCN(CCSC4CCCC4)CC3)c2c1. The highest BCUT2D eigenvalue weighted by Gasteiger charge is 2.40. The molecule has 34 heavy (non-hydrogen) atoms. The maximum atomic E-state index is 12.8. The van der Waals surface area contributed by atoms with Crippen molar-refractivity contribution >= 4 is 40.2 Å². The van der Waals surface area contributed by atoms with Crippen LogP contribution in [0.25, 0.3) is 10.9 Å². The number of rotatable bonds is 10. The maximum absolute atomic E-state index is 12.8. The zero-order valence-electron chi connectivity index (χ0n) is 20.0. The molecule has 2 aliphatic rings. The molecule has 186 valence electrons. The Labute approximate surface area is 211 Å². The molecule has 2 heterocycles. The van der Waals surface area contributed by atoms with E-state index in [0.29, 0.717) is 11.4 Å². The quantitative estimate of drug-likeness (QED) is 0.329. The molecule has 2 N–H and O–H groups in total. The van der Waals surface area contributed by atoms with Gasteiger partial charge < -0.3 is 9.64 Å². The minimum atomic E-state index is -0.531. The van der Waals surface area contributed by atoms with E-state index >= 15 is 0 Å². The van der Waals surface area contributed by atoms with Gasteiger partial charge in [0.05, 0.1) is 23.1 Å². The van der Waals surface area contributed by atoms with Gasteiger partial charge in [-0.3, -0.25) is 15.0 Å². The van der Waals surface area contributed by atoms with Crippen molar-refractivity contribution in [3.05, 3.63) is 35.0 Å². The van der Waals surface area contributed by atoms with Gasteiger partial charge in [0.2, 0.25) is 5.91 Å². The van der Waals surface area contributed by atoms with Crippen molar-refractivity contribution < 1.29 is 14.7 Å². The zero-order valence-corrected chi connectivity index (χ0v) is 21.6. The van der Waals surface area contributed by atoms with Crippen LogP contribution in [0.2, 0.25) is 5.02 Å². The number of ether oxygens (including phenoxy) is 1. The van der Waals surface area contributed by atoms with Crippen LogP contribution < -0.4 is 10.2 Å². The molecule has 0 unspecified atom stereocenters. The number of aromatic nitrogens is 1. The molecule has 1 aliphatic carbocycles. The van der Waals surface area contributed by atoms with Gasteiger partial charge in [-0.25, -0.2) is 5.48 Å². The van der Waals surface area contributed by atoms with Gasteiger partial charge >= 0.3 is 0 Å². The summed E-state index contributed by atoms with van der Waals surface area (Å²) >= 11 is 8.65. The molecule has 1 aliphatic heterocycles. The summed E-state index contributed by atoms with van der Waals surface area (Å²) in [5.41, 5.74) is 3.35. The molecule has 1 saturated heterocycles. The topological polar surface area (TPSA) is 74.7 Å². The highest BCUT2D eigenvalue weighted by molar-refractivity contribution is 7.99. The van der Waals surface area contributed by atoms with E-state index in [0.717, 1.165) is 72.8 Å². The highest BCUT2D eigenvalue weighted by Crippen LogP contribution is 2.38. The molecule has 2 fully saturated rings. The molecule has 2 aromatic rings. The van der Waals surface area contributed by atoms with Crippen molar-refractivity contribution in [2.45, 2.75) is 63.0 Å². The molecule has 1 aromatic carbocycles. The highest BCUT2D eigenvalue weighted by atomic mass is 35.5. The number of benzene rings is 1. The van der Waals surface area contributed by atoms with Crippen molar-refractivity contribution in [2.75, 3.05) is 32.5 Å². The van der Waals surface area contributed by atoms with Gasteiger partial charge in [0.1, 0.15) is 5.75 Å². The van der Waals surface area contributed by atoms with Gasteiger partial charge in [-0.1, -0.05) is 24.4 Å². The van der Waals surface area contributed by atoms with E-state index in [1.807, 2.05) is 23.7 Å². The van der Waals surface area contributed by atoms with E-state index in [4.69, 9.17) is 16.3 Å². The number of nitrogens with one attached hydrogen (secondary N) is 1. The van der Waals surface area contributed by atoms with E-state index in [9.17, 15) is 10.0 Å². The Kier molecular flexibility index (Phi) is 8.97. The summed E-state index contributed by atoms with van der Waals surface area (Å²) in [5, 5.41) is 12.0. The first-order chi connectivity index (χ1) is 16.5. The number of methoxy groups -OCH3 is 1. The van der Waals surface area contributed by atoms with Crippen molar-refractivity contribution in [2.24, 2.45) is 5.41 Å². The Hall–Kier alpha value is -1.54. The number of halogens is 1. The van der Waals surface area contributed by atoms with E-state index in [1.165, 1.54) is 31.4 Å². The number of piperidine rings is 1. The number of carbonyl (C=O) groups is 1. The molecule has 0 spiro atoms. The fourth-order valence-corrected chi connectivity index (χ4v) is 7.11. The van der Waals surface area contributed by atoms with Crippen molar-refractivity contribution in [3.8, 4) is 5.75 Å². The Morgan fingerprint density at radius 1 is 1.32 bits per heavy atom. The third-order valence-electron chi connectivity index (χ3n) is 7.68. The number of hydrogen-bond donors (Lipinski definition) is 2. The summed E-state index contributed by atoms with van der Waals surface area (Å²) < 4.78 is 5.39. The zero-order chi connectivity index (χ0) is 24.0. The van der Waals surface area contributed by atoms with Crippen LogP contribution in [-0.2, 0) is 11.2 Å². The Morgan fingerprint density at radius 2 is 2.09 bits per heavy atom. The predicted molar refractivity (Wildman–Crippen MR) is 139 cm³/mol. The van der Waals surface area contributed by atoms with Gasteiger partial charge in [0.25, 0.3) is 0 Å². The van der Waals surface area contributed by atoms with Crippen LogP contribution in [0, 0.1) is 5.41 Å². The van der Waals surface area contributed by atoms with Crippen LogP contribution in [0.15, 0.2) is 24.4 Å². The van der Waals surface area contributed by atoms with Crippen LogP contribution in [-0.4, -0.2) is 58.7 Å². The fourth-order valence-electron chi connectivity index (χ4n) is 5.50. The van der Waals surface area contributed by atoms with Gasteiger partial charge in [0, 0.05) is 29.1 Å². The number of aryl methyl sites for hydroxylation is 1. The average Bonchev–Trinajstić information content (AvgIpc) is 3.39. The van der Waals surface area contributed by atoms with Crippen LogP contribution in [0.1, 0.15) is 56.9 Å². The molecule has 6 nitrogen and oxygen atoms in total. The molecule has 1 aromatic heterocycles. The third kappa shape index (κ3) is 5.99. The van der Waals surface area contributed by atoms with Crippen LogP contribution in [0.3, 0.4) is 0 Å². The molecule has 4 rings (SSSR count). The van der Waals surface area contributed by atoms with Gasteiger partial charge in [-0.2, -0.15) is 11.8 Å². The number of likely N-dealkylation sites (tertiary alicyclic amines) is 1. The van der Waals surface area contributed by atoms with Crippen molar-refractivity contribution in [1.29, 1.82) is 0 Å². The summed E-state index contributed by atoms with van der Waals surface area (Å²) in [7, 11) is 1.65. The lowest BCUT2D eigenvalue weighted by Gasteiger charge is -2.40. The second kappa shape index (κ2) is 11.9. The lowest BCUT2D eigenvalue weighted by molar-refractivity contribution is -0.143. The van der Waals surface area contributed by atoms with Gasteiger partial charge in [-0.05, 0) is 81.8 Å². The monoisotopic (exact) mass is 505 g/mol. The minimum Gasteiger partial charge on any atom is -0.497 e. The molecule has 8 heteroatoms. The summed E-state index contributed by atoms with van der Waals surface area (Å²) in [4.78, 5) is 19.7. The van der Waals surface area contributed by atoms with E-state index < -0.39 is 5.41 Å². The number of amides is 1. The number of hydrogen-bond acceptors (Lipinski definition) is 6. The predicted octanol–water partition coefficient (Wildman–Crippen LogP) is 5.48. The normalized spacial score (nSPS) is 18.9. The van der Waals surface area contributed by atoms with Crippen LogP contribution in [0.5, 0.6) is 5.75 Å². The maximum Gasteiger partial charge on any atom is 0.249 e. The summed E-state index contributed by atoms with van der Waals surface area (Å²) in [6, 6.07) is 5.81. The lowest BCUT2D eigenvalue weighted by atomic mass is 9.73. The Balaban J connectivity index is 1.35. The number of hydroxylamine groups is 1. The smallest absolute Gasteiger partial charge is 0.249 e. The first-order valence-corrected chi connectivity index (χ1v) is 13.9. The summed E-state index contributed by atoms with van der Waals surface area (Å²) in [6.07, 6.45) is 11.0. The second-order valence-electron chi connectivity index (χ2n) is 9.66. The van der Waals surface area contributed by atoms with Crippen LogP contribution >= 0.6 is 23.4 Å². The number of pyridine rings is 1. The number of fused-ring (bicyclic) bond motifs is 1. The fraction of sp³-hybridized carbons (Fsp3) is 0.615. The average molecular weight is 506 g/mol. The molecular weight excluding hydrogens is 470 g/mol. The molecule has 1 amide bonds. The van der Waals surface area contributed by atoms with Crippen molar-refractivity contribution in [3.63, 3.8) is 0 Å². The third-order valence-corrected chi connectivity index (χ3v) is 9.36. The number of thioether (sulfide) groups is 1. The molecule has 0 atom stereocenters. The second-order valence-corrected chi connectivity index (χ2v) is 11.5. The largest absolute Gasteiger partial charge is 0.497 e. The first-order valence-electron chi connectivity index (χ1n) is 12.4. The van der Waals surface area contributed by atoms with Gasteiger partial charge in [-0.15, -0.1) is 0 Å². The minimum absolute atomic E-state index is 0.250. The summed E-state index contributed by atoms with van der Waals surface area (Å²) in [5.74, 6) is 1.69. The van der Waals surface area contributed by atoms with Crippen molar-refractivity contribution in [1.82, 2.24) is 15.4 Å². The van der Waals surface area contributed by atoms with E-state index in [-0.39, 0.29) is 5.91 Å². The number of carbonyl (C=O) groups excluding carboxylic acids is 1.